The smallest absolute Gasteiger partial charge is 0.162 e. The Hall–Kier alpha value is -6.68. The van der Waals surface area contributed by atoms with Gasteiger partial charge in [0, 0.05) is 29.8 Å². The Kier molecular flexibility index (Phi) is 4.82. The van der Waals surface area contributed by atoms with Gasteiger partial charge in [0.05, 0.1) is 0 Å². The van der Waals surface area contributed by atoms with Crippen LogP contribution in [-0.4, -0.2) is 18.5 Å². The van der Waals surface area contributed by atoms with Crippen molar-refractivity contribution >= 4 is 97.8 Å². The fourth-order valence-corrected chi connectivity index (χ4v) is 18.2. The summed E-state index contributed by atoms with van der Waals surface area (Å²) in [5, 5.41) is 29.4. The van der Waals surface area contributed by atoms with Crippen molar-refractivity contribution < 1.29 is 9.47 Å². The van der Waals surface area contributed by atoms with E-state index in [9.17, 15) is 0 Å². The number of hydrogen-bond acceptors (Lipinski definition) is 3. The summed E-state index contributed by atoms with van der Waals surface area (Å²) in [5.41, 5.74) is 17.2. The van der Waals surface area contributed by atoms with Crippen LogP contribution in [0.4, 0.5) is 0 Å². The van der Waals surface area contributed by atoms with E-state index in [4.69, 9.17) is 9.47 Å². The molecule has 0 saturated carbocycles. The highest BCUT2D eigenvalue weighted by molar-refractivity contribution is 6.57. The first kappa shape index (κ1) is 32.1. The number of likely N-dealkylation sites (N-methyl/N-ethyl adjacent to an activating group) is 1. The molecule has 0 bridgehead atoms. The molecule has 0 N–H and O–H groups in total. The van der Waals surface area contributed by atoms with Gasteiger partial charge in [0.1, 0.15) is 13.2 Å². The monoisotopic (exact) mass is 829 g/mol. The Bertz CT molecular complexity index is 4430. The van der Waals surface area contributed by atoms with Gasteiger partial charge in [0.2, 0.25) is 0 Å². The molecule has 1 aliphatic heterocycles. The number of benzene rings is 10. The van der Waals surface area contributed by atoms with Crippen molar-refractivity contribution in [3.05, 3.63) is 163 Å². The number of nitrogens with zero attached hydrogens (tertiary/aromatic N) is 1. The van der Waals surface area contributed by atoms with Crippen LogP contribution in [0.25, 0.3) is 97.8 Å². The van der Waals surface area contributed by atoms with E-state index in [2.05, 4.69) is 115 Å². The summed E-state index contributed by atoms with van der Waals surface area (Å²) in [6.07, 6.45) is 7.32. The van der Waals surface area contributed by atoms with Crippen LogP contribution in [0.1, 0.15) is 79.9 Å². The topological polar surface area (TPSA) is 21.7 Å². The lowest BCUT2D eigenvalue weighted by atomic mass is 9.52. The van der Waals surface area contributed by atoms with Gasteiger partial charge in [-0.2, -0.15) is 0 Å². The predicted octanol–water partition coefficient (Wildman–Crippen LogP) is 12.0. The first-order valence-electron chi connectivity index (χ1n) is 24.4. The Morgan fingerprint density at radius 2 is 1.28 bits per heavy atom. The second-order valence-corrected chi connectivity index (χ2v) is 22.1. The molecule has 65 heavy (non-hydrogen) atoms. The van der Waals surface area contributed by atoms with Crippen LogP contribution in [0, 0.1) is 11.8 Å². The lowest BCUT2D eigenvalue weighted by Crippen LogP contribution is -2.48. The summed E-state index contributed by atoms with van der Waals surface area (Å²) in [6, 6.07) is 36.5. The molecule has 20 rings (SSSR count). The van der Waals surface area contributed by atoms with Crippen LogP contribution in [0.3, 0.4) is 0 Å². The SMILES string of the molecule is CN1CC2C3CC4=c5c6c7c8c(c9c%10c(cc%11cc%12c%13c%14c%15c%16c(cc(c5c%16c7c%15c5c%13c%11c%10c85)C4)=CC%14C%12)CC92C1c1ccc(OCc2ccccc2)c(OCc2ccccc2)c1)C63. The standard InChI is InChI=1S/C62H39NO2/c1-63-23-37-36-20-34-18-31-16-32-15-29-14-30-17-33-19-35-22-62(37,61(63)28-12-13-38(64-24-26-8-4-2-5-9-26)39(21-28)65-25-27-10-6-3-7-11-27)60-46(35)51-45(33)50-41(30)40(29)48-44(32)49-42(31)43(34)52-47(36)59(60)58-56(51)54(50)53(48)55(49)57(52)58/h2-13,15-17,19,21,29,36-37,47,61H,14,18,20,22-25H2,1H3. The molecule has 1 heterocycles. The van der Waals surface area contributed by atoms with E-state index < -0.39 is 0 Å². The second kappa shape index (κ2) is 9.78. The van der Waals surface area contributed by atoms with E-state index in [0.29, 0.717) is 36.9 Å². The van der Waals surface area contributed by atoms with E-state index in [1.807, 2.05) is 0 Å². The first-order valence-corrected chi connectivity index (χ1v) is 24.4. The Balaban J connectivity index is 0.910. The van der Waals surface area contributed by atoms with Crippen LogP contribution < -0.4 is 19.9 Å². The zero-order valence-corrected chi connectivity index (χ0v) is 35.9. The van der Waals surface area contributed by atoms with Crippen LogP contribution in [-0.2, 0) is 37.9 Å². The maximum Gasteiger partial charge on any atom is 0.162 e. The minimum atomic E-state index is -0.0579. The van der Waals surface area contributed by atoms with Gasteiger partial charge in [-0.1, -0.05) is 96.6 Å². The molecule has 6 unspecified atom stereocenters. The summed E-state index contributed by atoms with van der Waals surface area (Å²) in [7, 11) is 2.46. The van der Waals surface area contributed by atoms with Gasteiger partial charge in [0.25, 0.3) is 0 Å². The number of ether oxygens (including phenoxy) is 2. The zero-order valence-electron chi connectivity index (χ0n) is 35.9. The van der Waals surface area contributed by atoms with Gasteiger partial charge in [-0.05, 0) is 209 Å². The van der Waals surface area contributed by atoms with Crippen LogP contribution in [0.15, 0.2) is 97.1 Å². The lowest BCUT2D eigenvalue weighted by Gasteiger charge is -2.50. The zero-order chi connectivity index (χ0) is 41.2. The molecule has 0 radical (unpaired) electrons. The van der Waals surface area contributed by atoms with Crippen LogP contribution in [0.5, 0.6) is 11.5 Å². The van der Waals surface area contributed by atoms with Crippen LogP contribution >= 0.6 is 0 Å². The molecule has 12 aromatic carbocycles. The minimum absolute atomic E-state index is 0.0579. The molecule has 0 amide bonds. The predicted molar refractivity (Wildman–Crippen MR) is 262 cm³/mol. The van der Waals surface area contributed by atoms with E-state index >= 15 is 0 Å². The number of fused-ring (bicyclic) bond motifs is 1. The van der Waals surface area contributed by atoms with Gasteiger partial charge in [-0.3, -0.25) is 4.90 Å². The largest absolute Gasteiger partial charge is 0.485 e. The highest BCUT2D eigenvalue weighted by Gasteiger charge is 2.66. The quantitative estimate of drug-likeness (QED) is 0.149. The van der Waals surface area contributed by atoms with Gasteiger partial charge in [0.15, 0.2) is 11.5 Å². The van der Waals surface area contributed by atoms with Crippen molar-refractivity contribution in [2.24, 2.45) is 11.8 Å². The van der Waals surface area contributed by atoms with Gasteiger partial charge < -0.3 is 9.47 Å². The van der Waals surface area contributed by atoms with Gasteiger partial charge in [-0.25, -0.2) is 0 Å². The molecule has 1 saturated heterocycles. The van der Waals surface area contributed by atoms with Gasteiger partial charge >= 0.3 is 0 Å². The van der Waals surface area contributed by atoms with E-state index in [1.165, 1.54) is 17.4 Å². The summed E-state index contributed by atoms with van der Waals surface area (Å²) in [4.78, 5) is 2.79. The number of likely N-dealkylation sites (tertiary alicyclic amines) is 1. The summed E-state index contributed by atoms with van der Waals surface area (Å²) in [5.74, 6) is 3.71. The molecule has 3 heteroatoms. The number of hydrogen-bond donors (Lipinski definition) is 0. The maximum atomic E-state index is 6.88. The van der Waals surface area contributed by atoms with E-state index in [0.717, 1.165) is 48.4 Å². The molecule has 7 aliphatic carbocycles. The molecule has 1 fully saturated rings. The maximum absolute atomic E-state index is 6.88. The molecule has 12 aromatic rings. The summed E-state index contributed by atoms with van der Waals surface area (Å²) in [6.45, 7) is 2.11. The van der Waals surface area contributed by atoms with Crippen molar-refractivity contribution in [3.8, 4) is 11.5 Å². The van der Waals surface area contributed by atoms with Crippen molar-refractivity contribution in [2.45, 2.75) is 62.2 Å². The normalized spacial score (nSPS) is 25.7. The van der Waals surface area contributed by atoms with Crippen LogP contribution in [0.2, 0.25) is 0 Å². The molecule has 1 spiro atoms. The Morgan fingerprint density at radius 1 is 0.585 bits per heavy atom. The average Bonchev–Trinajstić information content (AvgIpc) is 4.19. The molecule has 304 valence electrons. The second-order valence-electron chi connectivity index (χ2n) is 22.1. The number of rotatable bonds is 7. The molecule has 3 nitrogen and oxygen atoms in total. The fraction of sp³-hybridized carbons (Fsp3) is 0.226. The third-order valence-electron chi connectivity index (χ3n) is 19.7. The summed E-state index contributed by atoms with van der Waals surface area (Å²) < 4.78 is 13.6. The molecule has 6 atom stereocenters. The molecular formula is C62H39NO2. The molecule has 0 aromatic heterocycles. The van der Waals surface area contributed by atoms with Crippen molar-refractivity contribution in [1.29, 1.82) is 0 Å². The third-order valence-corrected chi connectivity index (χ3v) is 19.7. The first-order chi connectivity index (χ1) is 32.1. The minimum Gasteiger partial charge on any atom is -0.485 e. The van der Waals surface area contributed by atoms with Crippen molar-refractivity contribution in [3.63, 3.8) is 0 Å². The van der Waals surface area contributed by atoms with Gasteiger partial charge in [-0.15, -0.1) is 0 Å². The summed E-state index contributed by atoms with van der Waals surface area (Å²) >= 11 is 0. The van der Waals surface area contributed by atoms with Crippen molar-refractivity contribution in [1.82, 2.24) is 4.90 Å². The van der Waals surface area contributed by atoms with E-state index in [1.54, 1.807) is 136 Å². The highest BCUT2D eigenvalue weighted by Crippen LogP contribution is 2.75. The lowest BCUT2D eigenvalue weighted by molar-refractivity contribution is 0.173. The Morgan fingerprint density at radius 3 is 2.09 bits per heavy atom. The molecule has 8 aliphatic rings. The van der Waals surface area contributed by atoms with Crippen molar-refractivity contribution in [2.75, 3.05) is 13.6 Å². The average molecular weight is 830 g/mol. The highest BCUT2D eigenvalue weighted by atomic mass is 16.5. The molecular weight excluding hydrogens is 791 g/mol. The fourth-order valence-electron chi connectivity index (χ4n) is 18.2. The third kappa shape index (κ3) is 3.06. The Labute approximate surface area is 372 Å². The van der Waals surface area contributed by atoms with E-state index in [-0.39, 0.29) is 11.5 Å².